The first-order chi connectivity index (χ1) is 18.5. The number of benzene rings is 2. The van der Waals surface area contributed by atoms with Crippen LogP contribution in [0.15, 0.2) is 71.5 Å². The second-order valence-corrected chi connectivity index (χ2v) is 9.58. The second-order valence-electron chi connectivity index (χ2n) is 9.58. The molecule has 9 heteroatoms. The van der Waals surface area contributed by atoms with E-state index < -0.39 is 5.91 Å². The van der Waals surface area contributed by atoms with Crippen molar-refractivity contribution < 1.29 is 14.4 Å². The van der Waals surface area contributed by atoms with Crippen molar-refractivity contribution in [2.24, 2.45) is 5.73 Å². The highest BCUT2D eigenvalue weighted by Crippen LogP contribution is 2.37. The maximum Gasteiger partial charge on any atom is 0.315 e. The Morgan fingerprint density at radius 3 is 2.53 bits per heavy atom. The Morgan fingerprint density at radius 2 is 1.89 bits per heavy atom. The summed E-state index contributed by atoms with van der Waals surface area (Å²) in [5.74, 6) is 1.04. The van der Waals surface area contributed by atoms with Gasteiger partial charge in [0.2, 0.25) is 0 Å². The number of aliphatic hydroxyl groups excluding tert-OH is 1. The normalized spacial score (nSPS) is 17.9. The first-order valence-corrected chi connectivity index (χ1v) is 12.9. The van der Waals surface area contributed by atoms with Crippen molar-refractivity contribution >= 4 is 12.0 Å². The lowest BCUT2D eigenvalue weighted by Crippen LogP contribution is -2.39. The predicted molar refractivity (Wildman–Crippen MR) is 144 cm³/mol. The summed E-state index contributed by atoms with van der Waals surface area (Å²) >= 11 is 0. The third kappa shape index (κ3) is 5.74. The zero-order valence-corrected chi connectivity index (χ0v) is 21.3. The van der Waals surface area contributed by atoms with Crippen LogP contribution in [0.4, 0.5) is 0 Å². The molecule has 38 heavy (non-hydrogen) atoms. The van der Waals surface area contributed by atoms with Crippen molar-refractivity contribution in [2.75, 3.05) is 6.61 Å². The molecule has 4 N–H and O–H groups in total. The molecule has 0 bridgehead atoms. The van der Waals surface area contributed by atoms with Crippen molar-refractivity contribution in [2.45, 2.75) is 50.7 Å². The number of hydrogen-bond acceptors (Lipinski definition) is 7. The molecule has 1 aliphatic carbocycles. The third-order valence-corrected chi connectivity index (χ3v) is 7.11. The monoisotopic (exact) mass is 512 g/mol. The van der Waals surface area contributed by atoms with E-state index in [9.17, 15) is 9.90 Å². The number of aryl methyl sites for hydroxylation is 1. The van der Waals surface area contributed by atoms with Gasteiger partial charge >= 0.3 is 11.8 Å². The van der Waals surface area contributed by atoms with E-state index >= 15 is 0 Å². The number of aliphatic hydroxyl groups is 1. The van der Waals surface area contributed by atoms with Gasteiger partial charge in [0.25, 0.3) is 0 Å². The van der Waals surface area contributed by atoms with Crippen LogP contribution in [0.3, 0.4) is 0 Å². The van der Waals surface area contributed by atoms with Gasteiger partial charge in [-0.1, -0.05) is 72.8 Å². The van der Waals surface area contributed by atoms with E-state index in [4.69, 9.17) is 10.3 Å². The van der Waals surface area contributed by atoms with Crippen LogP contribution in [0, 0.1) is 0 Å². The largest absolute Gasteiger partial charge is 0.394 e. The number of primary amides is 1. The molecule has 1 fully saturated rings. The molecule has 4 aromatic rings. The van der Waals surface area contributed by atoms with Crippen LogP contribution in [0.25, 0.3) is 17.2 Å². The molecule has 0 aliphatic heterocycles. The Hall–Kier alpha value is -4.08. The number of amides is 1. The van der Waals surface area contributed by atoms with Gasteiger partial charge in [-0.05, 0) is 41.0 Å². The van der Waals surface area contributed by atoms with Gasteiger partial charge in [-0.2, -0.15) is 4.98 Å². The van der Waals surface area contributed by atoms with E-state index in [-0.39, 0.29) is 18.5 Å². The lowest BCUT2D eigenvalue weighted by atomic mass is 9.75. The average molecular weight is 513 g/mol. The lowest BCUT2D eigenvalue weighted by Gasteiger charge is -2.36. The maximum atomic E-state index is 11.1. The number of carbonyl (C=O) groups is 1. The summed E-state index contributed by atoms with van der Waals surface area (Å²) in [5.41, 5.74) is 9.91. The SMILES string of the molecule is CCc1nccn1[C@@H](/C=C/c1ccc(-c2ccc(C3CC(NCc4noc(C(N)=O)n4)C3)cc2)cc1)CO. The van der Waals surface area contributed by atoms with Crippen LogP contribution in [0.1, 0.15) is 65.2 Å². The summed E-state index contributed by atoms with van der Waals surface area (Å²) in [6.45, 7) is 2.54. The smallest absolute Gasteiger partial charge is 0.315 e. The molecule has 0 spiro atoms. The molecule has 0 radical (unpaired) electrons. The quantitative estimate of drug-likeness (QED) is 0.278. The second kappa shape index (κ2) is 11.5. The Kier molecular flexibility index (Phi) is 7.76. The number of rotatable bonds is 11. The molecule has 1 atom stereocenters. The molecule has 2 aromatic heterocycles. The molecular formula is C29H32N6O3. The first-order valence-electron chi connectivity index (χ1n) is 12.9. The van der Waals surface area contributed by atoms with Crippen LogP contribution in [-0.4, -0.2) is 43.4 Å². The summed E-state index contributed by atoms with van der Waals surface area (Å²) in [6.07, 6.45) is 10.6. The predicted octanol–water partition coefficient (Wildman–Crippen LogP) is 3.88. The summed E-state index contributed by atoms with van der Waals surface area (Å²) in [5, 5.41) is 17.0. The van der Waals surface area contributed by atoms with E-state index in [1.165, 1.54) is 16.7 Å². The van der Waals surface area contributed by atoms with Crippen molar-refractivity contribution in [3.8, 4) is 11.1 Å². The Balaban J connectivity index is 1.13. The summed E-state index contributed by atoms with van der Waals surface area (Å²) in [6, 6.07) is 17.5. The van der Waals surface area contributed by atoms with Crippen LogP contribution >= 0.6 is 0 Å². The van der Waals surface area contributed by atoms with Gasteiger partial charge in [-0.15, -0.1) is 0 Å². The van der Waals surface area contributed by atoms with Gasteiger partial charge in [0.1, 0.15) is 5.82 Å². The molecule has 9 nitrogen and oxygen atoms in total. The number of nitrogens with one attached hydrogen (secondary N) is 1. The average Bonchev–Trinajstić information content (AvgIpc) is 3.59. The maximum absolute atomic E-state index is 11.1. The molecule has 2 heterocycles. The molecule has 5 rings (SSSR count). The highest BCUT2D eigenvalue weighted by atomic mass is 16.5. The minimum atomic E-state index is -0.716. The fourth-order valence-corrected chi connectivity index (χ4v) is 4.84. The van der Waals surface area contributed by atoms with Crippen LogP contribution < -0.4 is 11.1 Å². The highest BCUT2D eigenvalue weighted by Gasteiger charge is 2.30. The third-order valence-electron chi connectivity index (χ3n) is 7.11. The number of nitrogens with two attached hydrogens (primary N) is 1. The van der Waals surface area contributed by atoms with Gasteiger partial charge in [0.15, 0.2) is 5.82 Å². The molecule has 0 saturated heterocycles. The van der Waals surface area contributed by atoms with E-state index in [2.05, 4.69) is 75.9 Å². The standard InChI is InChI=1S/C29H32N6O3/c1-2-27-31-13-14-35(27)25(18-36)12-5-19-3-6-20(7-4-19)21-8-10-22(11-9-21)23-15-24(16-23)32-17-26-33-29(28(30)37)38-34-26/h3-14,23-25,32,36H,2,15-18H2,1H3,(H2,30,37)/b12-5+/t23?,24?,25-/m0/s1. The van der Waals surface area contributed by atoms with E-state index in [1.807, 2.05) is 22.9 Å². The van der Waals surface area contributed by atoms with Gasteiger partial charge < -0.3 is 25.2 Å². The minimum absolute atomic E-state index is 0.0265. The molecule has 1 saturated carbocycles. The summed E-state index contributed by atoms with van der Waals surface area (Å²) in [7, 11) is 0. The molecule has 196 valence electrons. The van der Waals surface area contributed by atoms with E-state index in [1.54, 1.807) is 6.20 Å². The fraction of sp³-hybridized carbons (Fsp3) is 0.310. The topological polar surface area (TPSA) is 132 Å². The van der Waals surface area contributed by atoms with Crippen molar-refractivity contribution in [1.29, 1.82) is 0 Å². The number of carbonyl (C=O) groups excluding carboxylic acids is 1. The van der Waals surface area contributed by atoms with Crippen LogP contribution in [-0.2, 0) is 13.0 Å². The van der Waals surface area contributed by atoms with E-state index in [0.29, 0.717) is 24.3 Å². The molecule has 1 amide bonds. The highest BCUT2D eigenvalue weighted by molar-refractivity contribution is 5.87. The van der Waals surface area contributed by atoms with Crippen molar-refractivity contribution in [3.05, 3.63) is 95.7 Å². The van der Waals surface area contributed by atoms with Gasteiger partial charge in [0, 0.05) is 24.9 Å². The summed E-state index contributed by atoms with van der Waals surface area (Å²) in [4.78, 5) is 19.4. The van der Waals surface area contributed by atoms with Crippen molar-refractivity contribution in [1.82, 2.24) is 25.0 Å². The van der Waals surface area contributed by atoms with Gasteiger partial charge in [-0.25, -0.2) is 4.98 Å². The number of imidazole rings is 1. The zero-order valence-electron chi connectivity index (χ0n) is 21.3. The molecule has 2 aromatic carbocycles. The number of aromatic nitrogens is 4. The Morgan fingerprint density at radius 1 is 1.18 bits per heavy atom. The fourth-order valence-electron chi connectivity index (χ4n) is 4.84. The number of nitrogens with zero attached hydrogens (tertiary/aromatic N) is 4. The van der Waals surface area contributed by atoms with Crippen LogP contribution in [0.5, 0.6) is 0 Å². The van der Waals surface area contributed by atoms with Gasteiger partial charge in [-0.3, -0.25) is 4.79 Å². The Labute approximate surface area is 221 Å². The molecule has 1 aliphatic rings. The van der Waals surface area contributed by atoms with Crippen molar-refractivity contribution in [3.63, 3.8) is 0 Å². The molecular weight excluding hydrogens is 480 g/mol. The Bertz CT molecular complexity index is 1380. The molecule has 0 unspecified atom stereocenters. The van der Waals surface area contributed by atoms with Gasteiger partial charge in [0.05, 0.1) is 19.2 Å². The van der Waals surface area contributed by atoms with E-state index in [0.717, 1.165) is 30.7 Å². The first kappa shape index (κ1) is 25.6. The minimum Gasteiger partial charge on any atom is -0.394 e. The van der Waals surface area contributed by atoms with Crippen LogP contribution in [0.2, 0.25) is 0 Å². The zero-order chi connectivity index (χ0) is 26.5. The summed E-state index contributed by atoms with van der Waals surface area (Å²) < 4.78 is 6.83. The lowest BCUT2D eigenvalue weighted by molar-refractivity contribution is 0.0958. The number of hydrogen-bond donors (Lipinski definition) is 3.